The Morgan fingerprint density at radius 1 is 1.26 bits per heavy atom. The van der Waals surface area contributed by atoms with Gasteiger partial charge in [-0.1, -0.05) is 18.2 Å². The zero-order valence-electron chi connectivity index (χ0n) is 10.6. The van der Waals surface area contributed by atoms with Gasteiger partial charge in [0.15, 0.2) is 0 Å². The fourth-order valence-electron chi connectivity index (χ4n) is 1.92. The molecule has 0 aliphatic rings. The first kappa shape index (κ1) is 13.0. The molecule has 0 fully saturated rings. The maximum Gasteiger partial charge on any atom is 0.221 e. The lowest BCUT2D eigenvalue weighted by molar-refractivity contribution is -0.117. The van der Waals surface area contributed by atoms with Crippen LogP contribution in [0.1, 0.15) is 5.56 Å². The molecular weight excluding hydrogens is 242 g/mol. The first-order chi connectivity index (χ1) is 9.10. The van der Waals surface area contributed by atoms with E-state index < -0.39 is 5.91 Å². The highest BCUT2D eigenvalue weighted by Crippen LogP contribution is 2.32. The van der Waals surface area contributed by atoms with E-state index in [0.29, 0.717) is 11.3 Å². The zero-order valence-corrected chi connectivity index (χ0v) is 10.6. The van der Waals surface area contributed by atoms with Crippen molar-refractivity contribution >= 4 is 5.91 Å². The van der Waals surface area contributed by atoms with Gasteiger partial charge in [0.2, 0.25) is 5.91 Å². The van der Waals surface area contributed by atoms with Crippen molar-refractivity contribution < 1.29 is 14.6 Å². The van der Waals surface area contributed by atoms with E-state index in [9.17, 15) is 9.90 Å². The number of primary amides is 1. The number of amides is 1. The third-order valence-electron chi connectivity index (χ3n) is 2.82. The second-order valence-corrected chi connectivity index (χ2v) is 4.23. The van der Waals surface area contributed by atoms with Gasteiger partial charge in [0.1, 0.15) is 11.5 Å². The molecule has 0 aliphatic carbocycles. The van der Waals surface area contributed by atoms with Crippen LogP contribution in [0.3, 0.4) is 0 Å². The van der Waals surface area contributed by atoms with Gasteiger partial charge in [0, 0.05) is 5.56 Å². The van der Waals surface area contributed by atoms with Crippen LogP contribution in [-0.4, -0.2) is 18.1 Å². The van der Waals surface area contributed by atoms with Gasteiger partial charge in [0.05, 0.1) is 13.5 Å². The van der Waals surface area contributed by atoms with E-state index in [1.54, 1.807) is 25.3 Å². The molecule has 0 heterocycles. The number of ether oxygens (including phenoxy) is 1. The number of carbonyl (C=O) groups is 1. The van der Waals surface area contributed by atoms with E-state index in [0.717, 1.165) is 11.1 Å². The van der Waals surface area contributed by atoms with Crippen molar-refractivity contribution in [3.8, 4) is 22.6 Å². The summed E-state index contributed by atoms with van der Waals surface area (Å²) >= 11 is 0. The molecule has 0 saturated carbocycles. The topological polar surface area (TPSA) is 72.5 Å². The van der Waals surface area contributed by atoms with Crippen molar-refractivity contribution in [1.82, 2.24) is 0 Å². The number of rotatable bonds is 4. The molecule has 4 heteroatoms. The maximum atomic E-state index is 10.9. The number of carbonyl (C=O) groups excluding carboxylic acids is 1. The van der Waals surface area contributed by atoms with E-state index in [1.165, 1.54) is 0 Å². The molecule has 4 nitrogen and oxygen atoms in total. The highest BCUT2D eigenvalue weighted by molar-refractivity contribution is 5.78. The lowest BCUT2D eigenvalue weighted by atomic mass is 10.0. The largest absolute Gasteiger partial charge is 0.507 e. The Labute approximate surface area is 111 Å². The van der Waals surface area contributed by atoms with Gasteiger partial charge in [-0.25, -0.2) is 0 Å². The lowest BCUT2D eigenvalue weighted by Gasteiger charge is -2.09. The molecule has 0 aliphatic heterocycles. The van der Waals surface area contributed by atoms with E-state index in [1.807, 2.05) is 24.3 Å². The fraction of sp³-hybridized carbons (Fsp3) is 0.133. The van der Waals surface area contributed by atoms with Crippen LogP contribution in [0.25, 0.3) is 11.1 Å². The Morgan fingerprint density at radius 2 is 2.05 bits per heavy atom. The molecule has 0 aromatic heterocycles. The first-order valence-electron chi connectivity index (χ1n) is 5.85. The Kier molecular flexibility index (Phi) is 3.71. The summed E-state index contributed by atoms with van der Waals surface area (Å²) in [5, 5.41) is 9.93. The van der Waals surface area contributed by atoms with Crippen molar-refractivity contribution in [2.45, 2.75) is 6.42 Å². The summed E-state index contributed by atoms with van der Waals surface area (Å²) in [7, 11) is 1.59. The molecule has 1 amide bonds. The van der Waals surface area contributed by atoms with Gasteiger partial charge in [0.25, 0.3) is 0 Å². The smallest absolute Gasteiger partial charge is 0.221 e. The number of aromatic hydroxyl groups is 1. The Bertz CT molecular complexity index is 608. The van der Waals surface area contributed by atoms with Gasteiger partial charge >= 0.3 is 0 Å². The van der Waals surface area contributed by atoms with Gasteiger partial charge < -0.3 is 15.6 Å². The minimum Gasteiger partial charge on any atom is -0.507 e. The highest BCUT2D eigenvalue weighted by Gasteiger charge is 2.08. The predicted octanol–water partition coefficient (Wildman–Crippen LogP) is 2.10. The monoisotopic (exact) mass is 257 g/mol. The predicted molar refractivity (Wildman–Crippen MR) is 73.0 cm³/mol. The highest BCUT2D eigenvalue weighted by atomic mass is 16.5. The lowest BCUT2D eigenvalue weighted by Crippen LogP contribution is -2.13. The number of benzene rings is 2. The molecule has 2 rings (SSSR count). The molecule has 0 spiro atoms. The van der Waals surface area contributed by atoms with E-state index >= 15 is 0 Å². The number of nitrogens with two attached hydrogens (primary N) is 1. The van der Waals surface area contributed by atoms with Gasteiger partial charge in [-0.2, -0.15) is 0 Å². The summed E-state index contributed by atoms with van der Waals surface area (Å²) in [6, 6.07) is 12.4. The SMILES string of the molecule is COc1cccc(-c2cc(CC(N)=O)ccc2O)c1. The second-order valence-electron chi connectivity index (χ2n) is 4.23. The van der Waals surface area contributed by atoms with Gasteiger partial charge in [-0.05, 0) is 35.4 Å². The molecule has 0 unspecified atom stereocenters. The van der Waals surface area contributed by atoms with Gasteiger partial charge in [-0.3, -0.25) is 4.79 Å². The minimum absolute atomic E-state index is 0.150. The van der Waals surface area contributed by atoms with Crippen LogP contribution in [0.5, 0.6) is 11.5 Å². The van der Waals surface area contributed by atoms with Crippen LogP contribution in [0.15, 0.2) is 42.5 Å². The Balaban J connectivity index is 2.44. The number of hydrogen-bond donors (Lipinski definition) is 2. The van der Waals surface area contributed by atoms with Crippen molar-refractivity contribution in [3.63, 3.8) is 0 Å². The molecule has 2 aromatic carbocycles. The summed E-state index contributed by atoms with van der Waals surface area (Å²) < 4.78 is 5.16. The summed E-state index contributed by atoms with van der Waals surface area (Å²) in [5.41, 5.74) is 7.42. The van der Waals surface area contributed by atoms with Crippen molar-refractivity contribution in [2.24, 2.45) is 5.73 Å². The third-order valence-corrected chi connectivity index (χ3v) is 2.82. The number of methoxy groups -OCH3 is 1. The normalized spacial score (nSPS) is 10.2. The number of phenolic OH excluding ortho intramolecular Hbond substituents is 1. The molecular formula is C15H15NO3. The summed E-state index contributed by atoms with van der Waals surface area (Å²) in [6.45, 7) is 0. The molecule has 0 bridgehead atoms. The summed E-state index contributed by atoms with van der Waals surface area (Å²) in [4.78, 5) is 10.9. The van der Waals surface area contributed by atoms with Crippen LogP contribution in [0.2, 0.25) is 0 Å². The second kappa shape index (κ2) is 5.44. The van der Waals surface area contributed by atoms with E-state index in [-0.39, 0.29) is 12.2 Å². The average molecular weight is 257 g/mol. The van der Waals surface area contributed by atoms with Crippen molar-refractivity contribution in [3.05, 3.63) is 48.0 Å². The molecule has 2 aromatic rings. The molecule has 98 valence electrons. The van der Waals surface area contributed by atoms with Crippen molar-refractivity contribution in [2.75, 3.05) is 7.11 Å². The van der Waals surface area contributed by atoms with Crippen LogP contribution in [-0.2, 0) is 11.2 Å². The van der Waals surface area contributed by atoms with Gasteiger partial charge in [-0.15, -0.1) is 0 Å². The van der Waals surface area contributed by atoms with Crippen molar-refractivity contribution in [1.29, 1.82) is 0 Å². The quantitative estimate of drug-likeness (QED) is 0.881. The molecule has 0 atom stereocenters. The number of hydrogen-bond acceptors (Lipinski definition) is 3. The zero-order chi connectivity index (χ0) is 13.8. The standard InChI is InChI=1S/C15H15NO3/c1-19-12-4-2-3-11(9-12)13-7-10(8-15(16)18)5-6-14(13)17/h2-7,9,17H,8H2,1H3,(H2,16,18). The van der Waals surface area contributed by atoms with E-state index in [2.05, 4.69) is 0 Å². The van der Waals surface area contributed by atoms with Crippen LogP contribution < -0.4 is 10.5 Å². The Hall–Kier alpha value is -2.49. The molecule has 19 heavy (non-hydrogen) atoms. The minimum atomic E-state index is -0.401. The maximum absolute atomic E-state index is 10.9. The van der Waals surface area contributed by atoms with Crippen LogP contribution in [0.4, 0.5) is 0 Å². The van der Waals surface area contributed by atoms with E-state index in [4.69, 9.17) is 10.5 Å². The summed E-state index contributed by atoms with van der Waals surface area (Å²) in [5.74, 6) is 0.459. The summed E-state index contributed by atoms with van der Waals surface area (Å²) in [6.07, 6.45) is 0.150. The average Bonchev–Trinajstić information content (AvgIpc) is 2.40. The number of phenols is 1. The molecule has 0 saturated heterocycles. The Morgan fingerprint density at radius 3 is 2.74 bits per heavy atom. The molecule has 3 N–H and O–H groups in total. The fourth-order valence-corrected chi connectivity index (χ4v) is 1.92. The molecule has 0 radical (unpaired) electrons. The third kappa shape index (κ3) is 3.04. The van der Waals surface area contributed by atoms with Crippen LogP contribution in [0, 0.1) is 0 Å². The first-order valence-corrected chi connectivity index (χ1v) is 5.85. The van der Waals surface area contributed by atoms with Crippen LogP contribution >= 0.6 is 0 Å².